The van der Waals surface area contributed by atoms with E-state index in [9.17, 15) is 43.2 Å². The molecule has 0 aliphatic rings. The van der Waals surface area contributed by atoms with Gasteiger partial charge >= 0.3 is 22.5 Å². The fraction of sp³-hybridized carbons (Fsp3) is 0.500. The number of halogens is 6. The first kappa shape index (κ1) is 36.1. The molecule has 0 spiro atoms. The first-order valence-electron chi connectivity index (χ1n) is 12.9. The minimum atomic E-state index is -4.99. The Morgan fingerprint density at radius 3 is 1.72 bits per heavy atom. The number of alkyl halides is 6. The summed E-state index contributed by atoms with van der Waals surface area (Å²) < 4.78 is 147. The van der Waals surface area contributed by atoms with Gasteiger partial charge in [-0.25, -0.2) is 0 Å². The van der Waals surface area contributed by atoms with Gasteiger partial charge in [0.2, 0.25) is 0 Å². The Kier molecular flexibility index (Phi) is 13.1. The van der Waals surface area contributed by atoms with Gasteiger partial charge in [0, 0.05) is 12.0 Å². The summed E-state index contributed by atoms with van der Waals surface area (Å²) in [5, 5.41) is 2.81. The molecule has 1 unspecified atom stereocenters. The molecule has 1 atom stereocenters. The van der Waals surface area contributed by atoms with Gasteiger partial charge in [0.1, 0.15) is 17.4 Å². The average molecular weight is 664 g/mol. The van der Waals surface area contributed by atoms with Crippen LogP contribution in [0.1, 0.15) is 50.2 Å². The first-order chi connectivity index (χ1) is 20.0. The van der Waals surface area contributed by atoms with Crippen LogP contribution in [0, 0.1) is 0 Å². The van der Waals surface area contributed by atoms with Gasteiger partial charge in [-0.15, -0.1) is 0 Å². The monoisotopic (exact) mass is 663 g/mol. The third kappa shape index (κ3) is 12.6. The Labute approximate surface area is 246 Å². The molecule has 0 saturated carbocycles. The van der Waals surface area contributed by atoms with Gasteiger partial charge in [-0.05, 0) is 54.8 Å². The predicted octanol–water partition coefficient (Wildman–Crippen LogP) is 5.96. The van der Waals surface area contributed by atoms with Crippen molar-refractivity contribution in [3.05, 3.63) is 59.7 Å². The van der Waals surface area contributed by atoms with Gasteiger partial charge in [0.25, 0.3) is 10.1 Å². The molecule has 0 aliphatic carbocycles. The molecular weight excluding hydrogens is 632 g/mol. The van der Waals surface area contributed by atoms with Crippen LogP contribution in [0.5, 0.6) is 11.5 Å². The number of ether oxygens (including phenoxy) is 2. The van der Waals surface area contributed by atoms with Gasteiger partial charge in [0.05, 0.1) is 31.3 Å². The Morgan fingerprint density at radius 2 is 1.26 bits per heavy atom. The highest BCUT2D eigenvalue weighted by atomic mass is 32.2. The average Bonchev–Trinajstić information content (AvgIpc) is 2.88. The van der Waals surface area contributed by atoms with Gasteiger partial charge < -0.3 is 9.47 Å². The predicted molar refractivity (Wildman–Crippen MR) is 145 cm³/mol. The van der Waals surface area contributed by atoms with Crippen LogP contribution < -0.4 is 9.47 Å². The molecule has 2 aromatic carbocycles. The zero-order valence-electron chi connectivity index (χ0n) is 23.2. The Bertz CT molecular complexity index is 1390. The fourth-order valence-corrected chi connectivity index (χ4v) is 5.18. The lowest BCUT2D eigenvalue weighted by Gasteiger charge is -2.20. The summed E-state index contributed by atoms with van der Waals surface area (Å²) in [6.45, 7) is 2.16. The van der Waals surface area contributed by atoms with E-state index in [4.69, 9.17) is 9.47 Å². The van der Waals surface area contributed by atoms with Crippen LogP contribution in [0.4, 0.5) is 26.3 Å². The molecule has 242 valence electrons. The number of oxime groups is 1. The van der Waals surface area contributed by atoms with Crippen molar-refractivity contribution in [3.63, 3.8) is 0 Å². The van der Waals surface area contributed by atoms with Crippen molar-refractivity contribution in [2.45, 2.75) is 51.4 Å². The van der Waals surface area contributed by atoms with Crippen molar-refractivity contribution >= 4 is 25.9 Å². The molecule has 0 N–H and O–H groups in total. The normalized spacial score (nSPS) is 13.9. The molecule has 43 heavy (non-hydrogen) atoms. The largest absolute Gasteiger partial charge is 0.493 e. The first-order valence-corrected chi connectivity index (χ1v) is 16.1. The molecule has 0 heterocycles. The molecule has 0 aliphatic heterocycles. The second kappa shape index (κ2) is 15.6. The summed E-state index contributed by atoms with van der Waals surface area (Å²) >= 11 is 0. The van der Waals surface area contributed by atoms with Crippen LogP contribution in [0.15, 0.2) is 53.7 Å². The summed E-state index contributed by atoms with van der Waals surface area (Å²) in [6, 6.07) is 9.43. The molecule has 0 aromatic heterocycles. The van der Waals surface area contributed by atoms with Gasteiger partial charge in [-0.3, -0.25) is 8.47 Å². The Morgan fingerprint density at radius 1 is 0.767 bits per heavy atom. The SMILES string of the molecule is CCCS(=O)(=O)OCC(c1ccc(OCCCOc2ccc(/C(=N/OS(=O)(=O)CCC)C(F)(F)F)cc2)cc1)C(F)(F)F. The number of benzene rings is 2. The van der Waals surface area contributed by atoms with Crippen LogP contribution in [-0.4, -0.2) is 66.2 Å². The van der Waals surface area contributed by atoms with Crippen LogP contribution >= 0.6 is 0 Å². The third-order valence-corrected chi connectivity index (χ3v) is 8.08. The summed E-state index contributed by atoms with van der Waals surface area (Å²) in [6.07, 6.45) is -9.10. The highest BCUT2D eigenvalue weighted by Gasteiger charge is 2.42. The number of hydrogen-bond donors (Lipinski definition) is 0. The summed E-state index contributed by atoms with van der Waals surface area (Å²) in [7, 11) is -8.33. The summed E-state index contributed by atoms with van der Waals surface area (Å²) in [5.41, 5.74) is -2.18. The maximum absolute atomic E-state index is 13.5. The van der Waals surface area contributed by atoms with Gasteiger partial charge in [-0.1, -0.05) is 31.1 Å². The number of hydrogen-bond acceptors (Lipinski definition) is 9. The third-order valence-electron chi connectivity index (χ3n) is 5.46. The molecule has 0 radical (unpaired) electrons. The van der Waals surface area contributed by atoms with E-state index in [2.05, 4.69) is 13.6 Å². The zero-order valence-corrected chi connectivity index (χ0v) is 24.8. The lowest BCUT2D eigenvalue weighted by atomic mass is 9.99. The molecular formula is C26H31F6NO8S2. The summed E-state index contributed by atoms with van der Waals surface area (Å²) in [5.74, 6) is -2.60. The van der Waals surface area contributed by atoms with Gasteiger partial charge in [-0.2, -0.15) is 43.2 Å². The molecule has 9 nitrogen and oxygen atoms in total. The zero-order chi connectivity index (χ0) is 32.3. The molecule has 0 fully saturated rings. The van der Waals surface area contributed by atoms with Crippen molar-refractivity contribution in [2.75, 3.05) is 31.3 Å². The molecule has 17 heteroatoms. The molecule has 0 saturated heterocycles. The maximum Gasteiger partial charge on any atom is 0.437 e. The van der Waals surface area contributed by atoms with E-state index >= 15 is 0 Å². The van der Waals surface area contributed by atoms with E-state index in [1.54, 1.807) is 6.92 Å². The lowest BCUT2D eigenvalue weighted by Crippen LogP contribution is -2.27. The number of nitrogens with zero attached hydrogens (tertiary/aromatic N) is 1. The van der Waals surface area contributed by atoms with Crippen molar-refractivity contribution in [3.8, 4) is 11.5 Å². The van der Waals surface area contributed by atoms with E-state index in [0.29, 0.717) is 6.42 Å². The van der Waals surface area contributed by atoms with Crippen molar-refractivity contribution in [1.29, 1.82) is 0 Å². The molecule has 2 rings (SSSR count). The van der Waals surface area contributed by atoms with E-state index in [1.807, 2.05) is 0 Å². The Hall–Kier alpha value is -3.05. The fourth-order valence-electron chi connectivity index (χ4n) is 3.45. The van der Waals surface area contributed by atoms with Crippen molar-refractivity contribution in [2.24, 2.45) is 5.16 Å². The van der Waals surface area contributed by atoms with E-state index in [-0.39, 0.29) is 43.1 Å². The van der Waals surface area contributed by atoms with Crippen molar-refractivity contribution < 1.29 is 61.1 Å². The van der Waals surface area contributed by atoms with E-state index < -0.39 is 67.9 Å². The summed E-state index contributed by atoms with van der Waals surface area (Å²) in [4.78, 5) is 0. The standard InChI is InChI=1S/C26H31F6NO8S2/c1-3-16-42(34,35)40-18-23(25(27,28)29)19-6-10-21(11-7-19)38-14-5-15-39-22-12-8-20(9-13-22)24(26(30,31)32)33-41-43(36,37)17-4-2/h6-13,23H,3-5,14-18H2,1-2H3/b33-24-. The minimum Gasteiger partial charge on any atom is -0.493 e. The van der Waals surface area contributed by atoms with Gasteiger partial charge in [0.15, 0.2) is 5.71 Å². The van der Waals surface area contributed by atoms with Crippen LogP contribution in [0.25, 0.3) is 0 Å². The molecule has 0 amide bonds. The molecule has 0 bridgehead atoms. The van der Waals surface area contributed by atoms with E-state index in [1.165, 1.54) is 31.2 Å². The highest BCUT2D eigenvalue weighted by Crippen LogP contribution is 2.36. The maximum atomic E-state index is 13.5. The van der Waals surface area contributed by atoms with Crippen LogP contribution in [-0.2, 0) is 28.7 Å². The quantitative estimate of drug-likeness (QED) is 0.0670. The second-order valence-electron chi connectivity index (χ2n) is 9.06. The van der Waals surface area contributed by atoms with Crippen molar-refractivity contribution in [1.82, 2.24) is 0 Å². The smallest absolute Gasteiger partial charge is 0.437 e. The van der Waals surface area contributed by atoms with Crippen LogP contribution in [0.2, 0.25) is 0 Å². The van der Waals surface area contributed by atoms with Crippen LogP contribution in [0.3, 0.4) is 0 Å². The topological polar surface area (TPSA) is 118 Å². The second-order valence-corrected chi connectivity index (χ2v) is 12.5. The Balaban J connectivity index is 1.90. The number of rotatable bonds is 17. The van der Waals surface area contributed by atoms with E-state index in [0.717, 1.165) is 24.3 Å². The lowest BCUT2D eigenvalue weighted by molar-refractivity contribution is -0.156. The highest BCUT2D eigenvalue weighted by molar-refractivity contribution is 7.86. The molecule has 2 aromatic rings. The minimum absolute atomic E-state index is 0.0791.